The van der Waals surface area contributed by atoms with Crippen molar-refractivity contribution in [1.82, 2.24) is 14.8 Å². The van der Waals surface area contributed by atoms with Gasteiger partial charge in [-0.05, 0) is 35.9 Å². The number of rotatable bonds is 4. The molecule has 152 valence electrons. The third-order valence-corrected chi connectivity index (χ3v) is 4.63. The maximum atomic E-state index is 13.6. The maximum absolute atomic E-state index is 13.6. The molecule has 0 radical (unpaired) electrons. The zero-order valence-corrected chi connectivity index (χ0v) is 15.7. The highest BCUT2D eigenvalue weighted by atomic mass is 19.2. The highest BCUT2D eigenvalue weighted by Gasteiger charge is 2.23. The lowest BCUT2D eigenvalue weighted by Crippen LogP contribution is -2.38. The van der Waals surface area contributed by atoms with Gasteiger partial charge in [-0.2, -0.15) is 5.26 Å². The van der Waals surface area contributed by atoms with Crippen molar-refractivity contribution in [2.24, 2.45) is 0 Å². The Morgan fingerprint density at radius 1 is 1.03 bits per heavy atom. The van der Waals surface area contributed by atoms with E-state index in [1.165, 1.54) is 6.08 Å². The molecular formula is C21H16F3N5O. The first kappa shape index (κ1) is 19.7. The van der Waals surface area contributed by atoms with Crippen molar-refractivity contribution < 1.29 is 17.9 Å². The van der Waals surface area contributed by atoms with Crippen LogP contribution in [-0.4, -0.2) is 41.1 Å². The van der Waals surface area contributed by atoms with Crippen LogP contribution in [0.5, 0.6) is 0 Å². The van der Waals surface area contributed by atoms with Crippen LogP contribution in [-0.2, 0) is 4.74 Å². The molecule has 9 heteroatoms. The number of ether oxygens (including phenoxy) is 1. The lowest BCUT2D eigenvalue weighted by molar-refractivity contribution is 0.122. The van der Waals surface area contributed by atoms with Gasteiger partial charge in [0.1, 0.15) is 6.07 Å². The van der Waals surface area contributed by atoms with Crippen LogP contribution in [0.1, 0.15) is 11.4 Å². The molecule has 0 atom stereocenters. The molecule has 1 aromatic heterocycles. The van der Waals surface area contributed by atoms with Crippen LogP contribution in [0.4, 0.5) is 19.1 Å². The summed E-state index contributed by atoms with van der Waals surface area (Å²) in [6.07, 6.45) is 1.25. The van der Waals surface area contributed by atoms with E-state index in [2.05, 4.69) is 10.2 Å². The molecule has 0 unspecified atom stereocenters. The van der Waals surface area contributed by atoms with Gasteiger partial charge in [0.25, 0.3) is 0 Å². The summed E-state index contributed by atoms with van der Waals surface area (Å²) in [6, 6.07) is 12.8. The molecule has 30 heavy (non-hydrogen) atoms. The number of anilines is 1. The van der Waals surface area contributed by atoms with Crippen molar-refractivity contribution in [3.8, 4) is 11.8 Å². The molecular weight excluding hydrogens is 395 g/mol. The van der Waals surface area contributed by atoms with Gasteiger partial charge < -0.3 is 9.64 Å². The molecule has 0 spiro atoms. The second-order valence-corrected chi connectivity index (χ2v) is 6.56. The van der Waals surface area contributed by atoms with Crippen LogP contribution >= 0.6 is 0 Å². The Labute approximate surface area is 170 Å². The Kier molecular flexibility index (Phi) is 5.50. The Hall–Kier alpha value is -3.64. The summed E-state index contributed by atoms with van der Waals surface area (Å²) in [5, 5.41) is 18.2. The van der Waals surface area contributed by atoms with E-state index in [0.717, 1.165) is 17.8 Å². The number of aromatic nitrogens is 3. The predicted molar refractivity (Wildman–Crippen MR) is 104 cm³/mol. The number of nitrogens with zero attached hydrogens (tertiary/aromatic N) is 5. The van der Waals surface area contributed by atoms with E-state index in [1.807, 2.05) is 41.3 Å². The van der Waals surface area contributed by atoms with Crippen molar-refractivity contribution in [2.45, 2.75) is 0 Å². The van der Waals surface area contributed by atoms with Gasteiger partial charge in [-0.25, -0.2) is 13.2 Å². The molecule has 0 aliphatic carbocycles. The Morgan fingerprint density at radius 2 is 1.70 bits per heavy atom. The average molecular weight is 411 g/mol. The lowest BCUT2D eigenvalue weighted by Gasteiger charge is -2.28. The number of benzene rings is 2. The number of morpholine rings is 1. The fourth-order valence-corrected chi connectivity index (χ4v) is 3.21. The number of hydrogen-bond donors (Lipinski definition) is 0. The summed E-state index contributed by atoms with van der Waals surface area (Å²) in [6.45, 7) is 2.27. The lowest BCUT2D eigenvalue weighted by atomic mass is 10.1. The monoisotopic (exact) mass is 411 g/mol. The largest absolute Gasteiger partial charge is 0.378 e. The first-order valence-corrected chi connectivity index (χ1v) is 9.18. The summed E-state index contributed by atoms with van der Waals surface area (Å²) in [4.78, 5) is 1.99. The van der Waals surface area contributed by atoms with Gasteiger partial charge >= 0.3 is 0 Å². The third kappa shape index (κ3) is 3.77. The van der Waals surface area contributed by atoms with Gasteiger partial charge in [-0.15, -0.1) is 10.2 Å². The SMILES string of the molecule is N#C/C(=C/c1cc(F)c(F)c(F)c1)c1nnc(N2CCOCC2)n1-c1ccccc1. The van der Waals surface area contributed by atoms with E-state index in [1.54, 1.807) is 4.57 Å². The molecule has 6 nitrogen and oxygen atoms in total. The van der Waals surface area contributed by atoms with Crippen LogP contribution in [0.15, 0.2) is 42.5 Å². The van der Waals surface area contributed by atoms with E-state index >= 15 is 0 Å². The van der Waals surface area contributed by atoms with E-state index in [0.29, 0.717) is 32.3 Å². The highest BCUT2D eigenvalue weighted by Crippen LogP contribution is 2.27. The van der Waals surface area contributed by atoms with E-state index in [4.69, 9.17) is 4.74 Å². The molecule has 1 aliphatic rings. The first-order chi connectivity index (χ1) is 14.6. The van der Waals surface area contributed by atoms with Crippen molar-refractivity contribution in [1.29, 1.82) is 5.26 Å². The van der Waals surface area contributed by atoms with Gasteiger partial charge in [0.15, 0.2) is 23.3 Å². The molecule has 0 saturated carbocycles. The normalized spacial score (nSPS) is 14.6. The number of hydrogen-bond acceptors (Lipinski definition) is 5. The number of nitriles is 1. The molecule has 0 amide bonds. The van der Waals surface area contributed by atoms with Crippen molar-refractivity contribution in [3.63, 3.8) is 0 Å². The van der Waals surface area contributed by atoms with E-state index in [9.17, 15) is 18.4 Å². The second-order valence-electron chi connectivity index (χ2n) is 6.56. The average Bonchev–Trinajstić information content (AvgIpc) is 3.22. The Morgan fingerprint density at radius 3 is 2.33 bits per heavy atom. The van der Waals surface area contributed by atoms with E-state index < -0.39 is 17.5 Å². The quantitative estimate of drug-likeness (QED) is 0.485. The zero-order valence-electron chi connectivity index (χ0n) is 15.7. The topological polar surface area (TPSA) is 67.0 Å². The molecule has 0 N–H and O–H groups in total. The first-order valence-electron chi connectivity index (χ1n) is 9.18. The fourth-order valence-electron chi connectivity index (χ4n) is 3.21. The van der Waals surface area contributed by atoms with Crippen LogP contribution < -0.4 is 4.90 Å². The summed E-state index contributed by atoms with van der Waals surface area (Å²) in [5.74, 6) is -3.51. The van der Waals surface area contributed by atoms with Gasteiger partial charge in [0.05, 0.1) is 24.5 Å². The highest BCUT2D eigenvalue weighted by molar-refractivity contribution is 5.88. The summed E-state index contributed by atoms with van der Waals surface area (Å²) in [7, 11) is 0. The number of allylic oxidation sites excluding steroid dienone is 1. The summed E-state index contributed by atoms with van der Waals surface area (Å²) in [5.41, 5.74) is 0.742. The van der Waals surface area contributed by atoms with Crippen molar-refractivity contribution >= 4 is 17.6 Å². The van der Waals surface area contributed by atoms with Gasteiger partial charge in [0.2, 0.25) is 5.95 Å². The van der Waals surface area contributed by atoms with Crippen molar-refractivity contribution in [2.75, 3.05) is 31.2 Å². The van der Waals surface area contributed by atoms with Gasteiger partial charge in [-0.1, -0.05) is 18.2 Å². The van der Waals surface area contributed by atoms with E-state index in [-0.39, 0.29) is 17.0 Å². The number of halogens is 3. The Balaban J connectivity index is 1.85. The molecule has 2 heterocycles. The standard InChI is InChI=1S/C21H16F3N5O/c22-17-11-14(12-18(23)19(17)24)10-15(13-25)20-26-27-21(28-6-8-30-9-7-28)29(20)16-4-2-1-3-5-16/h1-5,10-12H,6-9H2/b15-10-. The van der Waals surface area contributed by atoms with Crippen molar-refractivity contribution in [3.05, 3.63) is 71.3 Å². The van der Waals surface area contributed by atoms with Crippen LogP contribution in [0.2, 0.25) is 0 Å². The Bertz CT molecular complexity index is 1110. The zero-order chi connectivity index (χ0) is 21.1. The van der Waals surface area contributed by atoms with Crippen LogP contribution in [0.25, 0.3) is 17.3 Å². The molecule has 1 fully saturated rings. The maximum Gasteiger partial charge on any atom is 0.232 e. The van der Waals surface area contributed by atoms with Gasteiger partial charge in [0, 0.05) is 13.1 Å². The summed E-state index contributed by atoms with van der Waals surface area (Å²) >= 11 is 0. The summed E-state index contributed by atoms with van der Waals surface area (Å²) < 4.78 is 47.6. The molecule has 1 saturated heterocycles. The smallest absolute Gasteiger partial charge is 0.232 e. The fraction of sp³-hybridized carbons (Fsp3) is 0.190. The molecule has 4 rings (SSSR count). The minimum absolute atomic E-state index is 0.00140. The minimum Gasteiger partial charge on any atom is -0.378 e. The third-order valence-electron chi connectivity index (χ3n) is 4.63. The van der Waals surface area contributed by atoms with Crippen LogP contribution in [0, 0.1) is 28.8 Å². The second kappa shape index (κ2) is 8.39. The van der Waals surface area contributed by atoms with Crippen LogP contribution in [0.3, 0.4) is 0 Å². The molecule has 2 aromatic carbocycles. The predicted octanol–water partition coefficient (Wildman–Crippen LogP) is 3.59. The molecule has 3 aromatic rings. The molecule has 1 aliphatic heterocycles. The van der Waals surface area contributed by atoms with Gasteiger partial charge in [-0.3, -0.25) is 4.57 Å². The minimum atomic E-state index is -1.56. The number of para-hydroxylation sites is 1. The molecule has 0 bridgehead atoms.